The number of benzene rings is 2. The van der Waals surface area contributed by atoms with Crippen molar-refractivity contribution < 1.29 is 27.5 Å². The number of carbonyl (C=O) groups is 1. The summed E-state index contributed by atoms with van der Waals surface area (Å²) in [5.41, 5.74) is 1.05. The van der Waals surface area contributed by atoms with Gasteiger partial charge in [0.15, 0.2) is 0 Å². The van der Waals surface area contributed by atoms with Crippen LogP contribution in [0.15, 0.2) is 47.4 Å². The Morgan fingerprint density at radius 2 is 1.78 bits per heavy atom. The second-order valence-electron chi connectivity index (χ2n) is 5.54. The van der Waals surface area contributed by atoms with E-state index in [0.29, 0.717) is 10.2 Å². The maximum Gasteiger partial charge on any atom is 0.339 e. The van der Waals surface area contributed by atoms with Crippen LogP contribution in [0.2, 0.25) is 5.02 Å². The minimum Gasteiger partial charge on any atom is -0.490 e. The van der Waals surface area contributed by atoms with Crippen LogP contribution in [-0.4, -0.2) is 46.2 Å². The molecule has 2 rings (SSSR count). The summed E-state index contributed by atoms with van der Waals surface area (Å²) in [6, 6.07) is 11.2. The molecule has 0 N–H and O–H groups in total. The van der Waals surface area contributed by atoms with Crippen LogP contribution in [0.25, 0.3) is 0 Å². The third kappa shape index (κ3) is 5.43. The molecule has 0 heterocycles. The van der Waals surface area contributed by atoms with Crippen LogP contribution < -0.4 is 4.74 Å². The van der Waals surface area contributed by atoms with Gasteiger partial charge in [-0.25, -0.2) is 13.2 Å². The number of ether oxygens (including phenoxy) is 2. The zero-order valence-electron chi connectivity index (χ0n) is 15.1. The molecule has 146 valence electrons. The number of aryl methyl sites for hydroxylation is 1. The molecule has 0 aromatic heterocycles. The molecular formula is C18H20ClNO6S. The molecule has 9 heteroatoms. The van der Waals surface area contributed by atoms with Crippen molar-refractivity contribution in [1.29, 1.82) is 0 Å². The predicted octanol–water partition coefficient (Wildman–Crippen LogP) is 3.07. The van der Waals surface area contributed by atoms with Crippen LogP contribution in [0.4, 0.5) is 0 Å². The number of sulfonamides is 1. The minimum absolute atomic E-state index is 0.0159. The van der Waals surface area contributed by atoms with Crippen LogP contribution in [0.5, 0.6) is 5.75 Å². The summed E-state index contributed by atoms with van der Waals surface area (Å²) in [6.45, 7) is 2.10. The van der Waals surface area contributed by atoms with Crippen LogP contribution in [0.3, 0.4) is 0 Å². The van der Waals surface area contributed by atoms with Gasteiger partial charge in [0.2, 0.25) is 0 Å². The minimum atomic E-state index is -3.91. The highest BCUT2D eigenvalue weighted by Crippen LogP contribution is 2.23. The van der Waals surface area contributed by atoms with Crippen molar-refractivity contribution in [2.45, 2.75) is 11.8 Å². The molecule has 0 amide bonds. The van der Waals surface area contributed by atoms with Gasteiger partial charge in [0.05, 0.1) is 22.6 Å². The van der Waals surface area contributed by atoms with Gasteiger partial charge in [-0.2, -0.15) is 0 Å². The van der Waals surface area contributed by atoms with E-state index < -0.39 is 16.0 Å². The van der Waals surface area contributed by atoms with Crippen molar-refractivity contribution in [3.05, 3.63) is 58.6 Å². The number of carbonyl (C=O) groups excluding carboxylic acids is 1. The Morgan fingerprint density at radius 3 is 2.41 bits per heavy atom. The normalized spacial score (nSPS) is 11.4. The maximum atomic E-state index is 12.3. The summed E-state index contributed by atoms with van der Waals surface area (Å²) in [4.78, 5) is 16.8. The van der Waals surface area contributed by atoms with Crippen molar-refractivity contribution in [1.82, 2.24) is 4.47 Å². The summed E-state index contributed by atoms with van der Waals surface area (Å²) >= 11 is 6.01. The molecule has 0 saturated carbocycles. The average Bonchev–Trinajstić information content (AvgIpc) is 2.65. The molecule has 0 spiro atoms. The molecule has 0 aliphatic rings. The molecule has 0 bridgehead atoms. The van der Waals surface area contributed by atoms with Crippen molar-refractivity contribution in [2.75, 3.05) is 27.4 Å². The first-order valence-electron chi connectivity index (χ1n) is 7.95. The van der Waals surface area contributed by atoms with E-state index >= 15 is 0 Å². The third-order valence-electron chi connectivity index (χ3n) is 3.66. The predicted molar refractivity (Wildman–Crippen MR) is 100 cm³/mol. The molecule has 0 radical (unpaired) electrons. The molecule has 7 nitrogen and oxygen atoms in total. The summed E-state index contributed by atoms with van der Waals surface area (Å²) in [7, 11) is -1.45. The largest absolute Gasteiger partial charge is 0.490 e. The second kappa shape index (κ2) is 9.18. The molecule has 0 aliphatic heterocycles. The monoisotopic (exact) mass is 413 g/mol. The number of hydroxylamine groups is 1. The lowest BCUT2D eigenvalue weighted by atomic mass is 10.2. The van der Waals surface area contributed by atoms with Crippen molar-refractivity contribution >= 4 is 27.6 Å². The van der Waals surface area contributed by atoms with Gasteiger partial charge in [-0.05, 0) is 37.3 Å². The Balaban J connectivity index is 2.01. The number of esters is 1. The van der Waals surface area contributed by atoms with E-state index in [-0.39, 0.29) is 28.7 Å². The summed E-state index contributed by atoms with van der Waals surface area (Å²) < 4.78 is 35.8. The number of rotatable bonds is 8. The van der Waals surface area contributed by atoms with Gasteiger partial charge in [-0.1, -0.05) is 33.8 Å². The molecule has 2 aromatic rings. The van der Waals surface area contributed by atoms with E-state index in [1.807, 2.05) is 31.2 Å². The smallest absolute Gasteiger partial charge is 0.339 e. The molecule has 0 atom stereocenters. The van der Waals surface area contributed by atoms with Gasteiger partial charge < -0.3 is 9.47 Å². The van der Waals surface area contributed by atoms with E-state index in [2.05, 4.69) is 0 Å². The fourth-order valence-electron chi connectivity index (χ4n) is 2.07. The van der Waals surface area contributed by atoms with Gasteiger partial charge in [-0.15, -0.1) is 0 Å². The fraction of sp³-hybridized carbons (Fsp3) is 0.278. The lowest BCUT2D eigenvalue weighted by molar-refractivity contribution is -0.0258. The van der Waals surface area contributed by atoms with Gasteiger partial charge in [-0.3, -0.25) is 4.84 Å². The van der Waals surface area contributed by atoms with Crippen molar-refractivity contribution in [3.63, 3.8) is 0 Å². The first kappa shape index (κ1) is 21.2. The summed E-state index contributed by atoms with van der Waals surface area (Å²) in [5, 5.41) is 0.0819. The quantitative estimate of drug-likeness (QED) is 0.376. The molecule has 0 unspecified atom stereocenters. The highest BCUT2D eigenvalue weighted by Gasteiger charge is 2.23. The van der Waals surface area contributed by atoms with Gasteiger partial charge in [0.1, 0.15) is 19.0 Å². The Hall–Kier alpha value is -2.13. The SMILES string of the molecule is CON(C)S(=O)(=O)c1ccc(Cl)c(C(=O)OCCOc2ccc(C)cc2)c1. The summed E-state index contributed by atoms with van der Waals surface area (Å²) in [5.74, 6) is -0.0880. The Bertz CT molecular complexity index is 899. The average molecular weight is 414 g/mol. The van der Waals surface area contributed by atoms with E-state index in [0.717, 1.165) is 11.6 Å². The molecule has 0 fully saturated rings. The first-order valence-corrected chi connectivity index (χ1v) is 9.76. The van der Waals surface area contributed by atoms with Gasteiger partial charge in [0.25, 0.3) is 10.0 Å². The topological polar surface area (TPSA) is 82.1 Å². The van der Waals surface area contributed by atoms with Crippen molar-refractivity contribution in [3.8, 4) is 5.75 Å². The van der Waals surface area contributed by atoms with E-state index in [1.54, 1.807) is 0 Å². The van der Waals surface area contributed by atoms with Crippen LogP contribution in [0, 0.1) is 6.92 Å². The van der Waals surface area contributed by atoms with Crippen LogP contribution in [0.1, 0.15) is 15.9 Å². The Labute approximate surface area is 163 Å². The fourth-order valence-corrected chi connectivity index (χ4v) is 3.27. The zero-order valence-corrected chi connectivity index (χ0v) is 16.7. The number of hydrogen-bond donors (Lipinski definition) is 0. The maximum absolute atomic E-state index is 12.3. The van der Waals surface area contributed by atoms with Gasteiger partial charge in [0, 0.05) is 7.05 Å². The highest BCUT2D eigenvalue weighted by atomic mass is 35.5. The van der Waals surface area contributed by atoms with E-state index in [1.165, 1.54) is 26.3 Å². The lowest BCUT2D eigenvalue weighted by Gasteiger charge is -2.15. The molecule has 0 aliphatic carbocycles. The number of nitrogens with zero attached hydrogens (tertiary/aromatic N) is 1. The highest BCUT2D eigenvalue weighted by molar-refractivity contribution is 7.89. The Morgan fingerprint density at radius 1 is 1.11 bits per heavy atom. The Kier molecular flexibility index (Phi) is 7.20. The lowest BCUT2D eigenvalue weighted by Crippen LogP contribution is -2.26. The molecule has 27 heavy (non-hydrogen) atoms. The van der Waals surface area contributed by atoms with Crippen LogP contribution >= 0.6 is 11.6 Å². The van der Waals surface area contributed by atoms with Gasteiger partial charge >= 0.3 is 5.97 Å². The van der Waals surface area contributed by atoms with Crippen LogP contribution in [-0.2, 0) is 19.6 Å². The standard InChI is InChI=1S/C18H20ClNO6S/c1-13-4-6-14(7-5-13)25-10-11-26-18(21)16-12-15(8-9-17(16)19)27(22,23)20(2)24-3/h4-9,12H,10-11H2,1-3H3. The molecular weight excluding hydrogens is 394 g/mol. The van der Waals surface area contributed by atoms with Crippen molar-refractivity contribution in [2.24, 2.45) is 0 Å². The molecule has 0 saturated heterocycles. The molecule has 2 aromatic carbocycles. The zero-order chi connectivity index (χ0) is 20.0. The number of halogens is 1. The van der Waals surface area contributed by atoms with E-state index in [9.17, 15) is 13.2 Å². The second-order valence-corrected chi connectivity index (χ2v) is 7.88. The number of hydrogen-bond acceptors (Lipinski definition) is 6. The third-order valence-corrected chi connectivity index (χ3v) is 5.66. The summed E-state index contributed by atoms with van der Waals surface area (Å²) in [6.07, 6.45) is 0. The van der Waals surface area contributed by atoms with E-state index in [4.69, 9.17) is 25.9 Å². The first-order chi connectivity index (χ1) is 12.8.